The van der Waals surface area contributed by atoms with Crippen LogP contribution in [0.1, 0.15) is 18.9 Å². The Morgan fingerprint density at radius 3 is 2.73 bits per heavy atom. The molecule has 1 aromatic rings. The molecule has 0 spiro atoms. The highest BCUT2D eigenvalue weighted by atomic mass is 35.5. The Labute approximate surface area is 136 Å². The summed E-state index contributed by atoms with van der Waals surface area (Å²) >= 11 is 0. The molecule has 1 aliphatic rings. The van der Waals surface area contributed by atoms with Crippen LogP contribution in [0, 0.1) is 6.92 Å². The Bertz CT molecular complexity index is 531. The lowest BCUT2D eigenvalue weighted by Gasteiger charge is -2.23. The summed E-state index contributed by atoms with van der Waals surface area (Å²) in [6, 6.07) is 5.55. The van der Waals surface area contributed by atoms with Gasteiger partial charge in [-0.15, -0.1) is 12.4 Å². The van der Waals surface area contributed by atoms with Gasteiger partial charge in [-0.05, 0) is 24.6 Å². The third kappa shape index (κ3) is 5.63. The Kier molecular flexibility index (Phi) is 7.31. The molecule has 1 unspecified atom stereocenters. The first kappa shape index (κ1) is 18.4. The molecule has 0 aromatic heterocycles. The minimum Gasteiger partial charge on any atom is -0.378 e. The number of nitrogens with one attached hydrogen (secondary N) is 3. The average Bonchev–Trinajstić information content (AvgIpc) is 2.42. The molecule has 0 saturated carbocycles. The zero-order chi connectivity index (χ0) is 15.2. The van der Waals surface area contributed by atoms with Crippen LogP contribution >= 0.6 is 12.4 Å². The third-order valence-corrected chi connectivity index (χ3v) is 3.19. The number of benzene rings is 1. The number of ether oxygens (including phenoxy) is 1. The van der Waals surface area contributed by atoms with Crippen molar-refractivity contribution in [1.29, 1.82) is 0 Å². The summed E-state index contributed by atoms with van der Waals surface area (Å²) in [5.74, 6) is -0.271. The van der Waals surface area contributed by atoms with Crippen LogP contribution in [-0.2, 0) is 14.3 Å². The van der Waals surface area contributed by atoms with Gasteiger partial charge >= 0.3 is 0 Å². The quantitative estimate of drug-likeness (QED) is 0.786. The molecule has 7 heteroatoms. The molecule has 1 heterocycles. The Balaban J connectivity index is 0.00000242. The zero-order valence-corrected chi connectivity index (χ0v) is 13.6. The highest BCUT2D eigenvalue weighted by Crippen LogP contribution is 2.23. The van der Waals surface area contributed by atoms with E-state index in [-0.39, 0.29) is 30.3 Å². The summed E-state index contributed by atoms with van der Waals surface area (Å²) in [5, 5.41) is 8.81. The Morgan fingerprint density at radius 1 is 1.32 bits per heavy atom. The van der Waals surface area contributed by atoms with E-state index in [1.807, 2.05) is 19.1 Å². The summed E-state index contributed by atoms with van der Waals surface area (Å²) in [6.45, 7) is 5.36. The lowest BCUT2D eigenvalue weighted by molar-refractivity contribution is -0.117. The van der Waals surface area contributed by atoms with E-state index in [4.69, 9.17) is 4.74 Å². The first-order valence-electron chi connectivity index (χ1n) is 7.04. The number of carbonyl (C=O) groups excluding carboxylic acids is 2. The van der Waals surface area contributed by atoms with Crippen molar-refractivity contribution in [3.8, 4) is 0 Å². The largest absolute Gasteiger partial charge is 0.378 e. The molecule has 0 bridgehead atoms. The highest BCUT2D eigenvalue weighted by molar-refractivity contribution is 5.99. The van der Waals surface area contributed by atoms with E-state index in [1.54, 1.807) is 6.07 Å². The van der Waals surface area contributed by atoms with Crippen molar-refractivity contribution in [2.24, 2.45) is 0 Å². The van der Waals surface area contributed by atoms with E-state index in [0.717, 1.165) is 12.1 Å². The minimum atomic E-state index is -0.170. The second-order valence-electron chi connectivity index (χ2n) is 5.21. The van der Waals surface area contributed by atoms with Crippen LogP contribution in [-0.4, -0.2) is 37.6 Å². The van der Waals surface area contributed by atoms with Crippen molar-refractivity contribution in [3.05, 3.63) is 23.8 Å². The third-order valence-electron chi connectivity index (χ3n) is 3.19. The van der Waals surface area contributed by atoms with Gasteiger partial charge in [0.05, 0.1) is 24.6 Å². The first-order chi connectivity index (χ1) is 10.0. The van der Waals surface area contributed by atoms with Crippen molar-refractivity contribution in [2.45, 2.75) is 26.3 Å². The molecule has 2 amide bonds. The molecule has 2 rings (SSSR count). The van der Waals surface area contributed by atoms with E-state index in [1.165, 1.54) is 6.92 Å². The maximum absolute atomic E-state index is 12.1. The van der Waals surface area contributed by atoms with Crippen molar-refractivity contribution in [1.82, 2.24) is 5.32 Å². The molecule has 0 radical (unpaired) electrons. The fraction of sp³-hybridized carbons (Fsp3) is 0.467. The van der Waals surface area contributed by atoms with E-state index in [2.05, 4.69) is 16.0 Å². The predicted molar refractivity (Wildman–Crippen MR) is 88.6 cm³/mol. The fourth-order valence-corrected chi connectivity index (χ4v) is 2.24. The number of amides is 2. The zero-order valence-electron chi connectivity index (χ0n) is 12.8. The van der Waals surface area contributed by atoms with E-state index in [0.29, 0.717) is 31.0 Å². The van der Waals surface area contributed by atoms with Crippen molar-refractivity contribution >= 4 is 35.6 Å². The van der Waals surface area contributed by atoms with E-state index in [9.17, 15) is 9.59 Å². The summed E-state index contributed by atoms with van der Waals surface area (Å²) < 4.78 is 5.33. The van der Waals surface area contributed by atoms with Crippen LogP contribution < -0.4 is 16.0 Å². The monoisotopic (exact) mass is 327 g/mol. The molecule has 1 aromatic carbocycles. The molecule has 1 aliphatic heterocycles. The topological polar surface area (TPSA) is 79.5 Å². The number of anilines is 2. The molecule has 3 N–H and O–H groups in total. The maximum Gasteiger partial charge on any atom is 0.226 e. The molecule has 6 nitrogen and oxygen atoms in total. The molecule has 1 fully saturated rings. The van der Waals surface area contributed by atoms with Gasteiger partial charge in [0, 0.05) is 25.9 Å². The van der Waals surface area contributed by atoms with Gasteiger partial charge in [-0.25, -0.2) is 0 Å². The van der Waals surface area contributed by atoms with Gasteiger partial charge in [0.15, 0.2) is 0 Å². The number of hydrogen-bond donors (Lipinski definition) is 3. The smallest absolute Gasteiger partial charge is 0.226 e. The summed E-state index contributed by atoms with van der Waals surface area (Å²) in [4.78, 5) is 23.3. The van der Waals surface area contributed by atoms with Crippen LogP contribution in [0.2, 0.25) is 0 Å². The van der Waals surface area contributed by atoms with Crippen molar-refractivity contribution in [2.75, 3.05) is 30.4 Å². The summed E-state index contributed by atoms with van der Waals surface area (Å²) in [5.41, 5.74) is 2.24. The number of halogens is 1. The molecule has 1 saturated heterocycles. The van der Waals surface area contributed by atoms with Gasteiger partial charge in [-0.2, -0.15) is 0 Å². The maximum atomic E-state index is 12.1. The van der Waals surface area contributed by atoms with Gasteiger partial charge in [0.1, 0.15) is 0 Å². The van der Waals surface area contributed by atoms with Crippen LogP contribution in [0.15, 0.2) is 18.2 Å². The normalized spacial score (nSPS) is 17.3. The van der Waals surface area contributed by atoms with Gasteiger partial charge < -0.3 is 20.7 Å². The van der Waals surface area contributed by atoms with Gasteiger partial charge in [-0.1, -0.05) is 6.07 Å². The Morgan fingerprint density at radius 2 is 2.09 bits per heavy atom. The van der Waals surface area contributed by atoms with Gasteiger partial charge in [0.2, 0.25) is 11.8 Å². The van der Waals surface area contributed by atoms with Crippen molar-refractivity contribution < 1.29 is 14.3 Å². The molecule has 22 heavy (non-hydrogen) atoms. The molecule has 0 aliphatic carbocycles. The van der Waals surface area contributed by atoms with Gasteiger partial charge in [-0.3, -0.25) is 9.59 Å². The minimum absolute atomic E-state index is 0. The van der Waals surface area contributed by atoms with Crippen LogP contribution in [0.5, 0.6) is 0 Å². The Hall–Kier alpha value is -1.63. The summed E-state index contributed by atoms with van der Waals surface area (Å²) in [7, 11) is 0. The fourth-order valence-electron chi connectivity index (χ4n) is 2.24. The lowest BCUT2D eigenvalue weighted by atomic mass is 10.1. The van der Waals surface area contributed by atoms with Gasteiger partial charge in [0.25, 0.3) is 0 Å². The number of morpholine rings is 1. The lowest BCUT2D eigenvalue weighted by Crippen LogP contribution is -2.43. The number of carbonyl (C=O) groups is 2. The highest BCUT2D eigenvalue weighted by Gasteiger charge is 2.17. The number of aryl methyl sites for hydroxylation is 1. The SMILES string of the molecule is CC(=O)Nc1ccc(C)cc1NC(=O)CC1COCCN1.Cl. The standard InChI is InChI=1S/C15H21N3O3.ClH/c1-10-3-4-13(17-11(2)19)14(7-10)18-15(20)8-12-9-21-6-5-16-12;/h3-4,7,12,16H,5-6,8-9H2,1-2H3,(H,17,19)(H,18,20);1H. The summed E-state index contributed by atoms with van der Waals surface area (Å²) in [6.07, 6.45) is 0.341. The molecule has 1 atom stereocenters. The second kappa shape index (κ2) is 8.73. The second-order valence-corrected chi connectivity index (χ2v) is 5.21. The first-order valence-corrected chi connectivity index (χ1v) is 7.04. The van der Waals surface area contributed by atoms with Crippen molar-refractivity contribution in [3.63, 3.8) is 0 Å². The number of hydrogen-bond acceptors (Lipinski definition) is 4. The van der Waals surface area contributed by atoms with E-state index >= 15 is 0 Å². The van der Waals surface area contributed by atoms with Crippen LogP contribution in [0.4, 0.5) is 11.4 Å². The average molecular weight is 328 g/mol. The van der Waals surface area contributed by atoms with E-state index < -0.39 is 0 Å². The van der Waals surface area contributed by atoms with Crippen LogP contribution in [0.3, 0.4) is 0 Å². The van der Waals surface area contributed by atoms with Crippen LogP contribution in [0.25, 0.3) is 0 Å². The number of rotatable bonds is 4. The molecule has 122 valence electrons. The molecular formula is C15H22ClN3O3. The predicted octanol–water partition coefficient (Wildman–Crippen LogP) is 1.69. The molecular weight excluding hydrogens is 306 g/mol.